The highest BCUT2D eigenvalue weighted by Gasteiger charge is 2.12. The van der Waals surface area contributed by atoms with Crippen LogP contribution in [0, 0.1) is 11.6 Å². The third kappa shape index (κ3) is 2.06. The monoisotopic (exact) mass is 272 g/mol. The molecule has 0 saturated carbocycles. The molecule has 0 radical (unpaired) electrons. The molecule has 0 spiro atoms. The van der Waals surface area contributed by atoms with E-state index in [4.69, 9.17) is 5.84 Å². The van der Waals surface area contributed by atoms with Gasteiger partial charge in [0.05, 0.1) is 11.1 Å². The van der Waals surface area contributed by atoms with E-state index in [1.54, 1.807) is 18.2 Å². The fraction of sp³-hybridized carbons (Fsp3) is 0. The lowest BCUT2D eigenvalue weighted by atomic mass is 10.1. The minimum absolute atomic E-state index is 0.119. The summed E-state index contributed by atoms with van der Waals surface area (Å²) >= 11 is 0. The van der Waals surface area contributed by atoms with Crippen LogP contribution in [0.25, 0.3) is 22.3 Å². The second-order valence-electron chi connectivity index (χ2n) is 4.18. The number of rotatable bonds is 2. The van der Waals surface area contributed by atoms with Crippen LogP contribution in [-0.4, -0.2) is 9.97 Å². The number of halogens is 2. The quantitative estimate of drug-likeness (QED) is 0.556. The lowest BCUT2D eigenvalue weighted by Gasteiger charge is -2.08. The number of hydrazine groups is 1. The summed E-state index contributed by atoms with van der Waals surface area (Å²) in [6, 6.07) is 10.5. The smallest absolute Gasteiger partial charge is 0.165 e. The van der Waals surface area contributed by atoms with Gasteiger partial charge in [0.15, 0.2) is 11.6 Å². The van der Waals surface area contributed by atoms with Gasteiger partial charge in [0.25, 0.3) is 0 Å². The molecule has 100 valence electrons. The van der Waals surface area contributed by atoms with E-state index < -0.39 is 11.6 Å². The Morgan fingerprint density at radius 3 is 2.55 bits per heavy atom. The third-order valence-electron chi connectivity index (χ3n) is 2.91. The first-order chi connectivity index (χ1) is 9.69. The molecule has 0 saturated heterocycles. The highest BCUT2D eigenvalue weighted by atomic mass is 19.1. The van der Waals surface area contributed by atoms with Crippen molar-refractivity contribution >= 4 is 16.7 Å². The zero-order valence-corrected chi connectivity index (χ0v) is 10.3. The van der Waals surface area contributed by atoms with Crippen molar-refractivity contribution in [3.8, 4) is 11.4 Å². The number of anilines is 1. The van der Waals surface area contributed by atoms with Crippen LogP contribution in [0.1, 0.15) is 0 Å². The van der Waals surface area contributed by atoms with Crippen molar-refractivity contribution < 1.29 is 8.78 Å². The van der Waals surface area contributed by atoms with Gasteiger partial charge in [0, 0.05) is 11.5 Å². The Morgan fingerprint density at radius 1 is 1.00 bits per heavy atom. The van der Waals surface area contributed by atoms with E-state index in [1.165, 1.54) is 6.07 Å². The maximum absolute atomic E-state index is 13.8. The van der Waals surface area contributed by atoms with Crippen molar-refractivity contribution in [3.63, 3.8) is 0 Å². The van der Waals surface area contributed by atoms with E-state index in [0.29, 0.717) is 11.3 Å². The highest BCUT2D eigenvalue weighted by Crippen LogP contribution is 2.26. The summed E-state index contributed by atoms with van der Waals surface area (Å²) in [6.45, 7) is 0. The van der Waals surface area contributed by atoms with Gasteiger partial charge in [-0.05, 0) is 24.3 Å². The summed E-state index contributed by atoms with van der Waals surface area (Å²) in [4.78, 5) is 8.45. The number of aromatic nitrogens is 2. The summed E-state index contributed by atoms with van der Waals surface area (Å²) in [5.74, 6) is 4.59. The maximum atomic E-state index is 13.8. The molecule has 3 rings (SSSR count). The zero-order chi connectivity index (χ0) is 14.1. The minimum atomic E-state index is -0.719. The van der Waals surface area contributed by atoms with Crippen LogP contribution in [0.5, 0.6) is 0 Å². The number of nitrogens with one attached hydrogen (secondary N) is 1. The van der Waals surface area contributed by atoms with Crippen LogP contribution in [-0.2, 0) is 0 Å². The average Bonchev–Trinajstić information content (AvgIpc) is 2.46. The topological polar surface area (TPSA) is 63.8 Å². The Bertz CT molecular complexity index is 789. The highest BCUT2D eigenvalue weighted by molar-refractivity contribution is 5.90. The summed E-state index contributed by atoms with van der Waals surface area (Å²) in [5, 5.41) is 0.723. The third-order valence-corrected chi connectivity index (χ3v) is 2.91. The molecule has 0 atom stereocenters. The number of para-hydroxylation sites is 1. The molecular formula is C14H10F2N4. The standard InChI is InChI=1S/C14H10F2N4/c15-8-5-6-9(11(16)7-8)13-18-12-4-2-1-3-10(12)14(19-13)20-17/h1-7H,17H2,(H,18,19,20). The Balaban J connectivity index is 2.26. The first kappa shape index (κ1) is 12.4. The van der Waals surface area contributed by atoms with Gasteiger partial charge in [0.1, 0.15) is 11.6 Å². The van der Waals surface area contributed by atoms with Gasteiger partial charge in [-0.15, -0.1) is 0 Å². The first-order valence-electron chi connectivity index (χ1n) is 5.88. The van der Waals surface area contributed by atoms with Gasteiger partial charge in [-0.25, -0.2) is 24.6 Å². The summed E-state index contributed by atoms with van der Waals surface area (Å²) in [7, 11) is 0. The van der Waals surface area contributed by atoms with Crippen molar-refractivity contribution in [3.05, 3.63) is 54.1 Å². The van der Waals surface area contributed by atoms with Crippen LogP contribution in [0.4, 0.5) is 14.6 Å². The van der Waals surface area contributed by atoms with E-state index in [-0.39, 0.29) is 11.4 Å². The van der Waals surface area contributed by atoms with E-state index >= 15 is 0 Å². The zero-order valence-electron chi connectivity index (χ0n) is 10.3. The van der Waals surface area contributed by atoms with Gasteiger partial charge in [-0.1, -0.05) is 12.1 Å². The van der Waals surface area contributed by atoms with Gasteiger partial charge >= 0.3 is 0 Å². The van der Waals surface area contributed by atoms with Gasteiger partial charge in [-0.3, -0.25) is 0 Å². The number of nitrogens with two attached hydrogens (primary N) is 1. The van der Waals surface area contributed by atoms with Crippen molar-refractivity contribution in [2.24, 2.45) is 5.84 Å². The molecule has 4 nitrogen and oxygen atoms in total. The SMILES string of the molecule is NNc1nc(-c2ccc(F)cc2F)nc2ccccc12. The molecule has 0 bridgehead atoms. The largest absolute Gasteiger partial charge is 0.308 e. The summed E-state index contributed by atoms with van der Waals surface area (Å²) in [5.41, 5.74) is 3.20. The molecule has 0 unspecified atom stereocenters. The molecule has 2 aromatic carbocycles. The summed E-state index contributed by atoms with van der Waals surface area (Å²) < 4.78 is 26.7. The fourth-order valence-corrected chi connectivity index (χ4v) is 1.98. The lowest BCUT2D eigenvalue weighted by molar-refractivity contribution is 0.585. The van der Waals surface area contributed by atoms with Crippen LogP contribution in [0.2, 0.25) is 0 Å². The van der Waals surface area contributed by atoms with E-state index in [1.807, 2.05) is 6.07 Å². The molecular weight excluding hydrogens is 262 g/mol. The van der Waals surface area contributed by atoms with Gasteiger partial charge < -0.3 is 5.43 Å². The van der Waals surface area contributed by atoms with E-state index in [0.717, 1.165) is 17.5 Å². The Hall–Kier alpha value is -2.60. The Morgan fingerprint density at radius 2 is 1.80 bits per heavy atom. The van der Waals surface area contributed by atoms with Gasteiger partial charge in [-0.2, -0.15) is 0 Å². The van der Waals surface area contributed by atoms with Crippen LogP contribution < -0.4 is 11.3 Å². The van der Waals surface area contributed by atoms with Crippen molar-refractivity contribution in [2.75, 3.05) is 5.43 Å². The molecule has 0 aliphatic rings. The van der Waals surface area contributed by atoms with Crippen molar-refractivity contribution in [2.45, 2.75) is 0 Å². The minimum Gasteiger partial charge on any atom is -0.308 e. The first-order valence-corrected chi connectivity index (χ1v) is 5.88. The molecule has 0 fully saturated rings. The second-order valence-corrected chi connectivity index (χ2v) is 4.18. The van der Waals surface area contributed by atoms with Crippen molar-refractivity contribution in [1.82, 2.24) is 9.97 Å². The normalized spacial score (nSPS) is 10.8. The average molecular weight is 272 g/mol. The van der Waals surface area contributed by atoms with E-state index in [2.05, 4.69) is 15.4 Å². The summed E-state index contributed by atoms with van der Waals surface area (Å²) in [6.07, 6.45) is 0. The number of fused-ring (bicyclic) bond motifs is 1. The molecule has 6 heteroatoms. The molecule has 3 N–H and O–H groups in total. The van der Waals surface area contributed by atoms with E-state index in [9.17, 15) is 8.78 Å². The molecule has 1 heterocycles. The predicted octanol–water partition coefficient (Wildman–Crippen LogP) is 2.86. The fourth-order valence-electron chi connectivity index (χ4n) is 1.98. The van der Waals surface area contributed by atoms with Crippen LogP contribution in [0.15, 0.2) is 42.5 Å². The Labute approximate surface area is 113 Å². The number of nitrogens with zero attached hydrogens (tertiary/aromatic N) is 2. The maximum Gasteiger partial charge on any atom is 0.165 e. The van der Waals surface area contributed by atoms with Crippen molar-refractivity contribution in [1.29, 1.82) is 0 Å². The lowest BCUT2D eigenvalue weighted by Crippen LogP contribution is -2.10. The predicted molar refractivity (Wildman–Crippen MR) is 72.7 cm³/mol. The number of benzene rings is 2. The second kappa shape index (κ2) is 4.82. The van der Waals surface area contributed by atoms with Crippen LogP contribution in [0.3, 0.4) is 0 Å². The molecule has 0 amide bonds. The number of hydrogen-bond acceptors (Lipinski definition) is 4. The van der Waals surface area contributed by atoms with Gasteiger partial charge in [0.2, 0.25) is 0 Å². The molecule has 20 heavy (non-hydrogen) atoms. The number of nitrogen functional groups attached to an aromatic ring is 1. The molecule has 0 aliphatic heterocycles. The molecule has 3 aromatic rings. The molecule has 0 aliphatic carbocycles. The van der Waals surface area contributed by atoms with Crippen LogP contribution >= 0.6 is 0 Å². The molecule has 1 aromatic heterocycles. The Kier molecular flexibility index (Phi) is 3.00. The number of hydrogen-bond donors (Lipinski definition) is 2.